The van der Waals surface area contributed by atoms with Gasteiger partial charge in [-0.15, -0.1) is 22.0 Å². The van der Waals surface area contributed by atoms with Crippen molar-refractivity contribution in [3.63, 3.8) is 0 Å². The quantitative estimate of drug-likeness (QED) is 0.0402. The van der Waals surface area contributed by atoms with E-state index in [2.05, 4.69) is 14.4 Å². The summed E-state index contributed by atoms with van der Waals surface area (Å²) in [5.74, 6) is -1.10. The molecule has 0 radical (unpaired) electrons. The smallest absolute Gasteiger partial charge is 0.397 e. The number of phenolic OH excluding ortho intramolecular Hbond substituents is 1. The average molecular weight is 675 g/mol. The van der Waals surface area contributed by atoms with Crippen molar-refractivity contribution in [2.75, 3.05) is 23.8 Å². The van der Waals surface area contributed by atoms with Crippen molar-refractivity contribution in [3.05, 3.63) is 30.3 Å². The van der Waals surface area contributed by atoms with Crippen molar-refractivity contribution in [2.45, 2.75) is 19.6 Å². The molecule has 0 spiro atoms. The molecule has 0 unspecified atom stereocenters. The Labute approximate surface area is 236 Å². The van der Waals surface area contributed by atoms with Crippen LogP contribution in [0.1, 0.15) is 0 Å². The largest absolute Gasteiger partial charge is 0.505 e. The molecule has 41 heavy (non-hydrogen) atoms. The number of hydrogen-bond acceptors (Lipinski definition) is 15. The van der Waals surface area contributed by atoms with Crippen LogP contribution < -0.4 is 11.5 Å². The first-order valence-corrected chi connectivity index (χ1v) is 16.9. The van der Waals surface area contributed by atoms with E-state index in [1.807, 2.05) is 0 Å². The Bertz CT molecular complexity index is 2030. The second-order valence-corrected chi connectivity index (χ2v) is 14.2. The van der Waals surface area contributed by atoms with Gasteiger partial charge in [0, 0.05) is 10.6 Å². The van der Waals surface area contributed by atoms with E-state index in [0.717, 1.165) is 23.9 Å². The molecule has 0 heterocycles. The van der Waals surface area contributed by atoms with Gasteiger partial charge in [-0.25, -0.2) is 4.18 Å². The number of rotatable bonds is 10. The third kappa shape index (κ3) is 7.59. The molecule has 0 saturated carbocycles. The van der Waals surface area contributed by atoms with E-state index in [1.54, 1.807) is 0 Å². The first-order chi connectivity index (χ1) is 18.6. The monoisotopic (exact) mass is 674 g/mol. The highest BCUT2D eigenvalue weighted by Gasteiger charge is 2.27. The highest BCUT2D eigenvalue weighted by molar-refractivity contribution is 7.99. The van der Waals surface area contributed by atoms with Crippen LogP contribution in [0, 0.1) is 0 Å². The van der Waals surface area contributed by atoms with E-state index in [0.29, 0.717) is 12.1 Å². The van der Waals surface area contributed by atoms with Gasteiger partial charge >= 0.3 is 10.4 Å². The summed E-state index contributed by atoms with van der Waals surface area (Å²) in [5, 5.41) is 16.8. The summed E-state index contributed by atoms with van der Waals surface area (Å²) in [6, 6.07) is 4.45. The van der Waals surface area contributed by atoms with Gasteiger partial charge in [0.1, 0.15) is 31.8 Å². The minimum Gasteiger partial charge on any atom is -0.505 e. The summed E-state index contributed by atoms with van der Waals surface area (Å²) in [6.07, 6.45) is 0. The molecule has 0 aliphatic carbocycles. The van der Waals surface area contributed by atoms with Gasteiger partial charge in [0.25, 0.3) is 30.4 Å². The fraction of sp³-hybridized carbons (Fsp3) is 0.111. The number of nitrogens with two attached hydrogens (primary N) is 2. The Morgan fingerprint density at radius 1 is 0.756 bits per heavy atom. The van der Waals surface area contributed by atoms with Crippen molar-refractivity contribution >= 4 is 86.0 Å². The summed E-state index contributed by atoms with van der Waals surface area (Å²) in [7, 11) is -19.9. The third-order valence-corrected chi connectivity index (χ3v) is 9.05. The maximum Gasteiger partial charge on any atom is 0.397 e. The normalized spacial score (nSPS) is 13.3. The van der Waals surface area contributed by atoms with Crippen LogP contribution in [-0.4, -0.2) is 69.3 Å². The molecule has 0 aromatic heterocycles. The fourth-order valence-corrected chi connectivity index (χ4v) is 6.54. The molecular formula is C18H18N4O14S5. The molecule has 3 aromatic carbocycles. The average Bonchev–Trinajstić information content (AvgIpc) is 2.80. The zero-order valence-electron chi connectivity index (χ0n) is 19.8. The molecule has 224 valence electrons. The lowest BCUT2D eigenvalue weighted by atomic mass is 10.1. The molecule has 0 atom stereocenters. The Morgan fingerprint density at radius 3 is 1.85 bits per heavy atom. The number of thioether (sulfide) groups is 1. The number of phenols is 1. The third-order valence-electron chi connectivity index (χ3n) is 4.98. The van der Waals surface area contributed by atoms with Crippen LogP contribution in [0.2, 0.25) is 0 Å². The number of anilines is 2. The summed E-state index contributed by atoms with van der Waals surface area (Å²) >= 11 is 0.849. The van der Waals surface area contributed by atoms with E-state index >= 15 is 0 Å². The van der Waals surface area contributed by atoms with Gasteiger partial charge in [-0.2, -0.15) is 33.7 Å². The van der Waals surface area contributed by atoms with E-state index in [4.69, 9.17) is 16.0 Å². The number of hydrogen-bond donors (Lipinski definition) is 7. The highest BCUT2D eigenvalue weighted by atomic mass is 32.3. The number of azo groups is 1. The molecule has 3 aromatic rings. The summed E-state index contributed by atoms with van der Waals surface area (Å²) in [4.78, 5) is -2.78. The van der Waals surface area contributed by atoms with Crippen LogP contribution in [0.5, 0.6) is 5.75 Å². The van der Waals surface area contributed by atoms with Crippen LogP contribution in [0.4, 0.5) is 22.7 Å². The molecule has 0 saturated heterocycles. The second-order valence-electron chi connectivity index (χ2n) is 7.72. The number of nitrogens with zero attached hydrogens (tertiary/aromatic N) is 2. The summed E-state index contributed by atoms with van der Waals surface area (Å²) in [6.45, 7) is -0.491. The molecular weight excluding hydrogens is 657 g/mol. The topological polar surface area (TPSA) is 324 Å². The number of fused-ring (bicyclic) bond motifs is 1. The fourth-order valence-electron chi connectivity index (χ4n) is 3.33. The maximum atomic E-state index is 12.1. The molecule has 0 aliphatic rings. The van der Waals surface area contributed by atoms with Crippen molar-refractivity contribution in [1.82, 2.24) is 0 Å². The maximum absolute atomic E-state index is 12.1. The van der Waals surface area contributed by atoms with E-state index in [-0.39, 0.29) is 10.6 Å². The molecule has 9 N–H and O–H groups in total. The molecule has 0 amide bonds. The predicted octanol–water partition coefficient (Wildman–Crippen LogP) is 1.78. The van der Waals surface area contributed by atoms with Crippen LogP contribution >= 0.6 is 11.8 Å². The van der Waals surface area contributed by atoms with Crippen molar-refractivity contribution in [3.8, 4) is 5.75 Å². The SMILES string of the molecule is Nc1c(S(=O)(=O)O)cc2cc(S(=O)(=O)O)c(N=Nc3ccc(SCCOS(=O)(=O)O)cc3S(=O)(=O)O)c(N)c2c1O. The summed E-state index contributed by atoms with van der Waals surface area (Å²) in [5.41, 5.74) is 8.53. The van der Waals surface area contributed by atoms with E-state index in [1.165, 1.54) is 6.07 Å². The molecule has 3 rings (SSSR count). The van der Waals surface area contributed by atoms with Crippen LogP contribution in [0.3, 0.4) is 0 Å². The van der Waals surface area contributed by atoms with Gasteiger partial charge in [-0.05, 0) is 35.7 Å². The van der Waals surface area contributed by atoms with Crippen LogP contribution in [0.25, 0.3) is 10.8 Å². The summed E-state index contributed by atoms with van der Waals surface area (Å²) < 4.78 is 134. The first-order valence-electron chi connectivity index (χ1n) is 10.2. The van der Waals surface area contributed by atoms with E-state index in [9.17, 15) is 52.4 Å². The zero-order chi connectivity index (χ0) is 31.1. The van der Waals surface area contributed by atoms with Crippen LogP contribution in [0.15, 0.2) is 60.1 Å². The lowest BCUT2D eigenvalue weighted by Gasteiger charge is -2.14. The number of nitrogen functional groups attached to an aromatic ring is 2. The number of aromatic hydroxyl groups is 1. The van der Waals surface area contributed by atoms with Crippen molar-refractivity contribution in [1.29, 1.82) is 0 Å². The first kappa shape index (κ1) is 32.4. The van der Waals surface area contributed by atoms with Gasteiger partial charge in [-0.3, -0.25) is 18.2 Å². The lowest BCUT2D eigenvalue weighted by molar-refractivity contribution is 0.285. The predicted molar refractivity (Wildman–Crippen MR) is 143 cm³/mol. The Balaban J connectivity index is 2.18. The van der Waals surface area contributed by atoms with Gasteiger partial charge in [0.05, 0.1) is 23.4 Å². The number of benzene rings is 3. The molecule has 0 bridgehead atoms. The molecule has 23 heteroatoms. The molecule has 0 aliphatic heterocycles. The van der Waals surface area contributed by atoms with Gasteiger partial charge in [0.15, 0.2) is 0 Å². The minimum absolute atomic E-state index is 0.0944. The minimum atomic E-state index is -5.19. The molecule has 0 fully saturated rings. The molecule has 18 nitrogen and oxygen atoms in total. The van der Waals surface area contributed by atoms with Crippen molar-refractivity contribution in [2.24, 2.45) is 10.2 Å². The van der Waals surface area contributed by atoms with E-state index < -0.39 is 101 Å². The Morgan fingerprint density at radius 2 is 1.32 bits per heavy atom. The Kier molecular flexibility index (Phi) is 8.90. The lowest BCUT2D eigenvalue weighted by Crippen LogP contribution is -2.06. The Hall–Kier alpha value is -3.13. The van der Waals surface area contributed by atoms with Gasteiger partial charge in [0.2, 0.25) is 0 Å². The van der Waals surface area contributed by atoms with Gasteiger partial charge in [-0.1, -0.05) is 0 Å². The van der Waals surface area contributed by atoms with Crippen molar-refractivity contribution < 1.29 is 61.2 Å². The highest BCUT2D eigenvalue weighted by Crippen LogP contribution is 2.46. The zero-order valence-corrected chi connectivity index (χ0v) is 23.9. The van der Waals surface area contributed by atoms with Gasteiger partial charge < -0.3 is 16.6 Å². The van der Waals surface area contributed by atoms with Crippen LogP contribution in [-0.2, 0) is 44.9 Å². The second kappa shape index (κ2) is 11.3. The standard InChI is InChI=1S/C18H18N4O14S5/c19-15-12(39(27,28)29)5-8-6-13(40(30,31)32)17(16(20)14(8)18(15)23)22-21-10-2-1-9(7-11(10)38(24,25)26)37-4-3-36-41(33,34)35/h1-2,5-7,23H,3-4,19-20H2,(H,24,25,26)(H,27,28,29)(H,30,31,32)(H,33,34,35).